The molecule has 0 aromatic rings. The third-order valence-electron chi connectivity index (χ3n) is 1.70. The normalized spacial score (nSPS) is 15.4. The largest absolute Gasteiger partial charge is 0.359 e. The van der Waals surface area contributed by atoms with Gasteiger partial charge in [0.2, 0.25) is 0 Å². The summed E-state index contributed by atoms with van der Waals surface area (Å²) in [5.74, 6) is 4.49. The first-order chi connectivity index (χ1) is 5.68. The second-order valence-electron chi connectivity index (χ2n) is 2.82. The molecular weight excluding hydrogens is 150 g/mol. The van der Waals surface area contributed by atoms with Crippen molar-refractivity contribution in [2.24, 2.45) is 5.73 Å². The minimum atomic E-state index is -0.567. The third-order valence-corrected chi connectivity index (χ3v) is 1.70. The van der Waals surface area contributed by atoms with E-state index < -0.39 is 5.91 Å². The van der Waals surface area contributed by atoms with Gasteiger partial charge in [0.1, 0.15) is 0 Å². The molecule has 12 heavy (non-hydrogen) atoms. The molecule has 0 radical (unpaired) electrons. The van der Waals surface area contributed by atoms with Gasteiger partial charge in [0, 0.05) is 5.57 Å². The van der Waals surface area contributed by atoms with E-state index in [1.165, 1.54) is 5.57 Å². The first-order valence-electron chi connectivity index (χ1n) is 3.86. The summed E-state index contributed by atoms with van der Waals surface area (Å²) in [6, 6.07) is 0. The fourth-order valence-electron chi connectivity index (χ4n) is 0.987. The topological polar surface area (TPSA) is 43.1 Å². The Bertz CT molecular complexity index is 312. The summed E-state index contributed by atoms with van der Waals surface area (Å²) in [6.07, 6.45) is 5.91. The molecule has 0 unspecified atom stereocenters. The standard InChI is InChI=1S/C10H11NO/c1-8-2-4-9(5-3-8)6-7-10(11)12/h2,4H,3,5H2,1H3,(H2,11,12). The second kappa shape index (κ2) is 3.77. The van der Waals surface area contributed by atoms with E-state index in [9.17, 15) is 4.79 Å². The molecule has 0 saturated carbocycles. The highest BCUT2D eigenvalue weighted by Crippen LogP contribution is 2.16. The van der Waals surface area contributed by atoms with Crippen LogP contribution in [0.1, 0.15) is 19.8 Å². The van der Waals surface area contributed by atoms with Gasteiger partial charge in [-0.3, -0.25) is 4.79 Å². The highest BCUT2D eigenvalue weighted by atomic mass is 16.1. The van der Waals surface area contributed by atoms with Crippen molar-refractivity contribution in [3.05, 3.63) is 23.3 Å². The predicted molar refractivity (Wildman–Crippen MR) is 48.0 cm³/mol. The average Bonchev–Trinajstić information content (AvgIpc) is 2.03. The molecule has 2 heteroatoms. The number of carbonyl (C=O) groups is 1. The van der Waals surface area contributed by atoms with Crippen molar-refractivity contribution in [2.75, 3.05) is 0 Å². The van der Waals surface area contributed by atoms with E-state index in [-0.39, 0.29) is 0 Å². The van der Waals surface area contributed by atoms with Gasteiger partial charge in [-0.05, 0) is 25.7 Å². The number of hydrogen-bond acceptors (Lipinski definition) is 1. The number of allylic oxidation sites excluding steroid dienone is 4. The van der Waals surface area contributed by atoms with Crippen LogP contribution in [0.15, 0.2) is 23.3 Å². The molecule has 1 rings (SSSR count). The summed E-state index contributed by atoms with van der Waals surface area (Å²) in [4.78, 5) is 10.3. The summed E-state index contributed by atoms with van der Waals surface area (Å²) in [6.45, 7) is 2.08. The Hall–Kier alpha value is -1.49. The van der Waals surface area contributed by atoms with Crippen LogP contribution < -0.4 is 5.73 Å². The van der Waals surface area contributed by atoms with Crippen molar-refractivity contribution in [2.45, 2.75) is 19.8 Å². The monoisotopic (exact) mass is 161 g/mol. The zero-order valence-electron chi connectivity index (χ0n) is 7.05. The Morgan fingerprint density at radius 2 is 2.25 bits per heavy atom. The van der Waals surface area contributed by atoms with Crippen LogP contribution in [0.3, 0.4) is 0 Å². The van der Waals surface area contributed by atoms with Crippen LogP contribution >= 0.6 is 0 Å². The molecule has 62 valence electrons. The molecule has 0 saturated heterocycles. The van der Waals surface area contributed by atoms with Crippen molar-refractivity contribution in [1.82, 2.24) is 0 Å². The highest BCUT2D eigenvalue weighted by Gasteiger charge is 1.99. The average molecular weight is 161 g/mol. The molecule has 1 aliphatic carbocycles. The van der Waals surface area contributed by atoms with Crippen molar-refractivity contribution < 1.29 is 4.79 Å². The quantitative estimate of drug-likeness (QED) is 0.532. The molecule has 0 aromatic carbocycles. The van der Waals surface area contributed by atoms with Crippen molar-refractivity contribution >= 4 is 5.91 Å². The zero-order valence-corrected chi connectivity index (χ0v) is 7.05. The summed E-state index contributed by atoms with van der Waals surface area (Å²) in [7, 11) is 0. The molecule has 0 aromatic heterocycles. The fraction of sp³-hybridized carbons (Fsp3) is 0.300. The summed E-state index contributed by atoms with van der Waals surface area (Å²) >= 11 is 0. The number of primary amides is 1. The smallest absolute Gasteiger partial charge is 0.293 e. The van der Waals surface area contributed by atoms with E-state index in [1.54, 1.807) is 0 Å². The van der Waals surface area contributed by atoms with E-state index in [0.29, 0.717) is 0 Å². The molecule has 0 bridgehead atoms. The van der Waals surface area contributed by atoms with Crippen LogP contribution in [-0.4, -0.2) is 5.91 Å². The van der Waals surface area contributed by atoms with Crippen LogP contribution in [0.25, 0.3) is 0 Å². The van der Waals surface area contributed by atoms with Gasteiger partial charge in [0.05, 0.1) is 0 Å². The summed E-state index contributed by atoms with van der Waals surface area (Å²) < 4.78 is 0. The van der Waals surface area contributed by atoms with Crippen LogP contribution in [0.5, 0.6) is 0 Å². The Labute approximate surface area is 72.1 Å². The molecule has 0 heterocycles. The van der Waals surface area contributed by atoms with E-state index in [1.807, 2.05) is 12.2 Å². The van der Waals surface area contributed by atoms with E-state index in [4.69, 9.17) is 5.73 Å². The highest BCUT2D eigenvalue weighted by molar-refractivity contribution is 5.92. The first kappa shape index (κ1) is 8.61. The van der Waals surface area contributed by atoms with E-state index in [2.05, 4.69) is 18.8 Å². The van der Waals surface area contributed by atoms with Crippen LogP contribution in [0.4, 0.5) is 0 Å². The van der Waals surface area contributed by atoms with Gasteiger partial charge in [0.25, 0.3) is 5.91 Å². The molecular formula is C10H11NO. The Kier molecular flexibility index (Phi) is 2.71. The van der Waals surface area contributed by atoms with Gasteiger partial charge in [-0.25, -0.2) is 0 Å². The maximum Gasteiger partial charge on any atom is 0.293 e. The number of rotatable bonds is 0. The van der Waals surface area contributed by atoms with Crippen molar-refractivity contribution in [3.63, 3.8) is 0 Å². The van der Waals surface area contributed by atoms with Gasteiger partial charge in [-0.15, -0.1) is 0 Å². The minimum Gasteiger partial charge on any atom is -0.359 e. The van der Waals surface area contributed by atoms with Gasteiger partial charge >= 0.3 is 0 Å². The van der Waals surface area contributed by atoms with Gasteiger partial charge in [0.15, 0.2) is 0 Å². The van der Waals surface area contributed by atoms with Crippen LogP contribution in [0.2, 0.25) is 0 Å². The maximum atomic E-state index is 10.3. The van der Waals surface area contributed by atoms with Crippen LogP contribution in [0, 0.1) is 11.8 Å². The second-order valence-corrected chi connectivity index (χ2v) is 2.82. The maximum absolute atomic E-state index is 10.3. The number of nitrogens with two attached hydrogens (primary N) is 1. The fourth-order valence-corrected chi connectivity index (χ4v) is 0.987. The van der Waals surface area contributed by atoms with Gasteiger partial charge < -0.3 is 5.73 Å². The van der Waals surface area contributed by atoms with Crippen LogP contribution in [-0.2, 0) is 4.79 Å². The molecule has 1 amide bonds. The Morgan fingerprint density at radius 3 is 2.75 bits per heavy atom. The summed E-state index contributed by atoms with van der Waals surface area (Å²) in [5.41, 5.74) is 7.21. The zero-order chi connectivity index (χ0) is 8.97. The Morgan fingerprint density at radius 1 is 1.50 bits per heavy atom. The SMILES string of the molecule is CC1=CC=C(C#CC(N)=O)CC1. The van der Waals surface area contributed by atoms with E-state index in [0.717, 1.165) is 18.4 Å². The molecule has 2 N–H and O–H groups in total. The lowest BCUT2D eigenvalue weighted by atomic mass is 10.00. The van der Waals surface area contributed by atoms with Crippen molar-refractivity contribution in [3.8, 4) is 11.8 Å². The number of hydrogen-bond donors (Lipinski definition) is 1. The third kappa shape index (κ3) is 2.63. The molecule has 1 aliphatic rings. The van der Waals surface area contributed by atoms with Gasteiger partial charge in [-0.2, -0.15) is 0 Å². The number of carbonyl (C=O) groups excluding carboxylic acids is 1. The van der Waals surface area contributed by atoms with Gasteiger partial charge in [-0.1, -0.05) is 23.6 Å². The molecule has 0 fully saturated rings. The lowest BCUT2D eigenvalue weighted by Crippen LogP contribution is -2.06. The molecule has 0 spiro atoms. The number of amides is 1. The summed E-state index contributed by atoms with van der Waals surface area (Å²) in [5, 5.41) is 0. The van der Waals surface area contributed by atoms with Crippen molar-refractivity contribution in [1.29, 1.82) is 0 Å². The molecule has 0 atom stereocenters. The first-order valence-corrected chi connectivity index (χ1v) is 3.86. The van der Waals surface area contributed by atoms with E-state index >= 15 is 0 Å². The molecule has 2 nitrogen and oxygen atoms in total. The minimum absolute atomic E-state index is 0.567. The molecule has 0 aliphatic heterocycles. The lowest BCUT2D eigenvalue weighted by molar-refractivity contribution is -0.112. The lowest BCUT2D eigenvalue weighted by Gasteiger charge is -2.05. The Balaban J connectivity index is 2.69. The predicted octanol–water partition coefficient (Wildman–Crippen LogP) is 1.14.